The lowest BCUT2D eigenvalue weighted by atomic mass is 9.76. The third-order valence-electron chi connectivity index (χ3n) is 5.34. The SMILES string of the molecule is CNC(=O)c1cccc2c1NC(c1ccc(SC)cc1)C1CC=CC21. The molecule has 3 nitrogen and oxygen atoms in total. The van der Waals surface area contributed by atoms with E-state index in [0.717, 1.165) is 17.7 Å². The Morgan fingerprint density at radius 3 is 2.72 bits per heavy atom. The van der Waals surface area contributed by atoms with Gasteiger partial charge in [0.15, 0.2) is 0 Å². The molecule has 2 N–H and O–H groups in total. The van der Waals surface area contributed by atoms with E-state index >= 15 is 0 Å². The molecular weight excluding hydrogens is 328 g/mol. The number of rotatable bonds is 3. The molecule has 0 bridgehead atoms. The molecule has 2 aliphatic rings. The van der Waals surface area contributed by atoms with Crippen molar-refractivity contribution in [1.82, 2.24) is 5.32 Å². The summed E-state index contributed by atoms with van der Waals surface area (Å²) < 4.78 is 0. The Bertz CT molecular complexity index is 828. The number of fused-ring (bicyclic) bond motifs is 3. The van der Waals surface area contributed by atoms with Crippen LogP contribution < -0.4 is 10.6 Å². The van der Waals surface area contributed by atoms with Crippen LogP contribution in [0.3, 0.4) is 0 Å². The van der Waals surface area contributed by atoms with Crippen LogP contribution in [0.4, 0.5) is 5.69 Å². The van der Waals surface area contributed by atoms with E-state index in [0.29, 0.717) is 11.8 Å². The number of thioether (sulfide) groups is 1. The molecule has 1 aliphatic heterocycles. The second-order valence-electron chi connectivity index (χ2n) is 6.60. The van der Waals surface area contributed by atoms with E-state index in [-0.39, 0.29) is 11.9 Å². The number of hydrogen-bond donors (Lipinski definition) is 2. The molecule has 1 heterocycles. The highest BCUT2D eigenvalue weighted by Crippen LogP contribution is 2.50. The highest BCUT2D eigenvalue weighted by Gasteiger charge is 2.39. The number of hydrogen-bond acceptors (Lipinski definition) is 3. The molecule has 1 amide bonds. The first-order valence-corrected chi connectivity index (χ1v) is 9.87. The normalized spacial score (nSPS) is 23.5. The Balaban J connectivity index is 1.78. The predicted molar refractivity (Wildman–Crippen MR) is 104 cm³/mol. The molecule has 4 rings (SSSR count). The zero-order valence-corrected chi connectivity index (χ0v) is 15.3. The second kappa shape index (κ2) is 6.60. The first-order valence-electron chi connectivity index (χ1n) is 8.65. The monoisotopic (exact) mass is 350 g/mol. The van der Waals surface area contributed by atoms with Crippen molar-refractivity contribution in [2.75, 3.05) is 18.6 Å². The minimum Gasteiger partial charge on any atom is -0.377 e. The number of allylic oxidation sites excluding steroid dienone is 2. The van der Waals surface area contributed by atoms with Crippen LogP contribution in [-0.2, 0) is 0 Å². The van der Waals surface area contributed by atoms with Gasteiger partial charge >= 0.3 is 0 Å². The summed E-state index contributed by atoms with van der Waals surface area (Å²) in [7, 11) is 1.68. The molecule has 4 heteroatoms. The Morgan fingerprint density at radius 1 is 1.20 bits per heavy atom. The van der Waals surface area contributed by atoms with Gasteiger partial charge in [0.25, 0.3) is 5.91 Å². The Morgan fingerprint density at radius 2 is 2.00 bits per heavy atom. The summed E-state index contributed by atoms with van der Waals surface area (Å²) in [5, 5.41) is 6.46. The lowest BCUT2D eigenvalue weighted by Crippen LogP contribution is -2.31. The van der Waals surface area contributed by atoms with E-state index in [9.17, 15) is 4.79 Å². The van der Waals surface area contributed by atoms with Crippen molar-refractivity contribution in [3.8, 4) is 0 Å². The molecule has 2 aromatic carbocycles. The van der Waals surface area contributed by atoms with E-state index in [1.54, 1.807) is 18.8 Å². The quantitative estimate of drug-likeness (QED) is 0.628. The Kier molecular flexibility index (Phi) is 4.30. The van der Waals surface area contributed by atoms with Crippen molar-refractivity contribution >= 4 is 23.4 Å². The van der Waals surface area contributed by atoms with Gasteiger partial charge in [-0.25, -0.2) is 0 Å². The molecule has 0 radical (unpaired) electrons. The minimum atomic E-state index is -0.0405. The van der Waals surface area contributed by atoms with Crippen molar-refractivity contribution < 1.29 is 4.79 Å². The van der Waals surface area contributed by atoms with Crippen LogP contribution in [0.2, 0.25) is 0 Å². The van der Waals surface area contributed by atoms with Crippen LogP contribution in [0.15, 0.2) is 59.5 Å². The van der Waals surface area contributed by atoms with Gasteiger partial charge in [-0.2, -0.15) is 0 Å². The molecule has 0 fully saturated rings. The van der Waals surface area contributed by atoms with E-state index in [2.05, 4.69) is 59.4 Å². The van der Waals surface area contributed by atoms with Crippen molar-refractivity contribution in [2.24, 2.45) is 5.92 Å². The van der Waals surface area contributed by atoms with Crippen LogP contribution in [0.25, 0.3) is 0 Å². The number of amides is 1. The van der Waals surface area contributed by atoms with Crippen LogP contribution >= 0.6 is 11.8 Å². The highest BCUT2D eigenvalue weighted by atomic mass is 32.2. The van der Waals surface area contributed by atoms with E-state index < -0.39 is 0 Å². The third kappa shape index (κ3) is 2.74. The van der Waals surface area contributed by atoms with Gasteiger partial charge in [-0.15, -0.1) is 11.8 Å². The summed E-state index contributed by atoms with van der Waals surface area (Å²) in [5.41, 5.74) is 4.23. The second-order valence-corrected chi connectivity index (χ2v) is 7.48. The van der Waals surface area contributed by atoms with Gasteiger partial charge in [-0.05, 0) is 47.9 Å². The molecular formula is C21H22N2OS. The molecule has 2 aromatic rings. The summed E-state index contributed by atoms with van der Waals surface area (Å²) in [5.74, 6) is 0.819. The van der Waals surface area contributed by atoms with Crippen molar-refractivity contribution in [3.05, 3.63) is 71.3 Å². The number of anilines is 1. The van der Waals surface area contributed by atoms with Crippen molar-refractivity contribution in [3.63, 3.8) is 0 Å². The maximum absolute atomic E-state index is 12.3. The standard InChI is InChI=1S/C21H22N2OS/c1-22-21(24)18-8-4-7-17-15-5-3-6-16(15)19(23-20(17)18)13-9-11-14(25-2)12-10-13/h3-5,7-12,15-16,19,23H,6H2,1-2H3,(H,22,24). The highest BCUT2D eigenvalue weighted by molar-refractivity contribution is 7.98. The number of benzene rings is 2. The zero-order chi connectivity index (χ0) is 17.4. The van der Waals surface area contributed by atoms with Crippen LogP contribution in [-0.4, -0.2) is 19.2 Å². The summed E-state index contributed by atoms with van der Waals surface area (Å²) in [6.07, 6.45) is 7.75. The molecule has 0 aromatic heterocycles. The summed E-state index contributed by atoms with van der Waals surface area (Å²) >= 11 is 1.76. The zero-order valence-electron chi connectivity index (χ0n) is 14.5. The van der Waals surface area contributed by atoms with Gasteiger partial charge in [0, 0.05) is 17.9 Å². The molecule has 1 aliphatic carbocycles. The average Bonchev–Trinajstić information content (AvgIpc) is 3.16. The summed E-state index contributed by atoms with van der Waals surface area (Å²) in [6, 6.07) is 15.0. The maximum Gasteiger partial charge on any atom is 0.253 e. The van der Waals surface area contributed by atoms with Crippen molar-refractivity contribution in [2.45, 2.75) is 23.3 Å². The topological polar surface area (TPSA) is 41.1 Å². The third-order valence-corrected chi connectivity index (χ3v) is 6.09. The first kappa shape index (κ1) is 16.3. The van der Waals surface area contributed by atoms with Gasteiger partial charge in [0.2, 0.25) is 0 Å². The first-order chi connectivity index (χ1) is 12.2. The molecule has 128 valence electrons. The van der Waals surface area contributed by atoms with Crippen LogP contribution in [0, 0.1) is 5.92 Å². The largest absolute Gasteiger partial charge is 0.377 e. The van der Waals surface area contributed by atoms with Crippen LogP contribution in [0.1, 0.15) is 39.9 Å². The maximum atomic E-state index is 12.3. The predicted octanol–water partition coefficient (Wildman–Crippen LogP) is 4.59. The fourth-order valence-corrected chi connectivity index (χ4v) is 4.49. The molecule has 25 heavy (non-hydrogen) atoms. The average molecular weight is 350 g/mol. The summed E-state index contributed by atoms with van der Waals surface area (Å²) in [6.45, 7) is 0. The fraction of sp³-hybridized carbons (Fsp3) is 0.286. The van der Waals surface area contributed by atoms with Gasteiger partial charge < -0.3 is 10.6 Å². The van der Waals surface area contributed by atoms with Gasteiger partial charge in [-0.1, -0.05) is 36.4 Å². The number of carbonyl (C=O) groups excluding carboxylic acids is 1. The van der Waals surface area contributed by atoms with E-state index in [1.165, 1.54) is 16.0 Å². The minimum absolute atomic E-state index is 0.0405. The van der Waals surface area contributed by atoms with Crippen LogP contribution in [0.5, 0.6) is 0 Å². The van der Waals surface area contributed by atoms with Gasteiger partial charge in [0.05, 0.1) is 17.3 Å². The number of para-hydroxylation sites is 1. The summed E-state index contributed by atoms with van der Waals surface area (Å²) in [4.78, 5) is 13.6. The lowest BCUT2D eigenvalue weighted by Gasteiger charge is -2.38. The molecule has 3 atom stereocenters. The number of nitrogens with one attached hydrogen (secondary N) is 2. The van der Waals surface area contributed by atoms with Crippen molar-refractivity contribution in [1.29, 1.82) is 0 Å². The molecule has 0 spiro atoms. The molecule has 3 unspecified atom stereocenters. The van der Waals surface area contributed by atoms with E-state index in [1.807, 2.05) is 12.1 Å². The molecule has 0 saturated heterocycles. The number of carbonyl (C=O) groups is 1. The van der Waals surface area contributed by atoms with Gasteiger partial charge in [-0.3, -0.25) is 4.79 Å². The smallest absolute Gasteiger partial charge is 0.253 e. The lowest BCUT2D eigenvalue weighted by molar-refractivity contribution is 0.0963. The fourth-order valence-electron chi connectivity index (χ4n) is 4.09. The molecule has 0 saturated carbocycles. The Labute approximate surface area is 152 Å². The Hall–Kier alpha value is -2.20. The van der Waals surface area contributed by atoms with E-state index in [4.69, 9.17) is 0 Å². The van der Waals surface area contributed by atoms with Gasteiger partial charge in [0.1, 0.15) is 0 Å².